The van der Waals surface area contributed by atoms with Crippen LogP contribution in [0.25, 0.3) is 0 Å². The molecule has 3 nitrogen and oxygen atoms in total. The molecule has 0 amide bonds. The maximum absolute atomic E-state index is 5.40. The Morgan fingerprint density at radius 2 is 2.42 bits per heavy atom. The van der Waals surface area contributed by atoms with Gasteiger partial charge in [0, 0.05) is 29.4 Å². The fourth-order valence-electron chi connectivity index (χ4n) is 2.98. The van der Waals surface area contributed by atoms with Crippen molar-refractivity contribution in [3.63, 3.8) is 0 Å². The Morgan fingerprint density at radius 3 is 3.16 bits per heavy atom. The molecule has 2 heterocycles. The second-order valence-electron chi connectivity index (χ2n) is 4.88. The minimum absolute atomic E-state index is 0.259. The first-order valence-corrected chi connectivity index (χ1v) is 7.50. The van der Waals surface area contributed by atoms with E-state index in [1.54, 1.807) is 6.26 Å². The summed E-state index contributed by atoms with van der Waals surface area (Å²) in [5, 5.41) is 3.58. The molecule has 100 valence electrons. The number of hydrogen-bond donors (Lipinski definition) is 1. The first kappa shape index (κ1) is 12.9. The lowest BCUT2D eigenvalue weighted by atomic mass is 9.92. The Labute approximate surface area is 121 Å². The van der Waals surface area contributed by atoms with Gasteiger partial charge < -0.3 is 9.73 Å². The minimum atomic E-state index is 0.259. The molecule has 1 aliphatic carbocycles. The number of aromatic nitrogens is 1. The third-order valence-electron chi connectivity index (χ3n) is 3.81. The zero-order valence-electron chi connectivity index (χ0n) is 10.9. The van der Waals surface area contributed by atoms with E-state index in [4.69, 9.17) is 4.42 Å². The van der Waals surface area contributed by atoms with Gasteiger partial charge in [0.05, 0.1) is 6.26 Å². The van der Waals surface area contributed by atoms with E-state index >= 15 is 0 Å². The standard InChI is InChI=1S/C15H17BrN2O/c1-2-17-14(12-7-9-19-15(12)16)11-6-5-10-4-3-8-18-13(10)11/h3-4,7-9,11,14,17H,2,5-6H2,1H3. The molecule has 1 N–H and O–H groups in total. The third-order valence-corrected chi connectivity index (χ3v) is 4.45. The summed E-state index contributed by atoms with van der Waals surface area (Å²) in [6.45, 7) is 3.07. The first-order chi connectivity index (χ1) is 9.31. The molecule has 0 spiro atoms. The van der Waals surface area contributed by atoms with Crippen molar-refractivity contribution in [2.45, 2.75) is 31.7 Å². The summed E-state index contributed by atoms with van der Waals surface area (Å²) in [4.78, 5) is 4.60. The van der Waals surface area contributed by atoms with Crippen molar-refractivity contribution in [3.8, 4) is 0 Å². The fraction of sp³-hybridized carbons (Fsp3) is 0.400. The molecule has 0 aromatic carbocycles. The molecule has 4 heteroatoms. The van der Waals surface area contributed by atoms with E-state index in [-0.39, 0.29) is 6.04 Å². The zero-order chi connectivity index (χ0) is 13.2. The van der Waals surface area contributed by atoms with E-state index in [2.05, 4.69) is 39.2 Å². The molecule has 0 radical (unpaired) electrons. The van der Waals surface area contributed by atoms with Crippen LogP contribution in [-0.2, 0) is 6.42 Å². The number of pyridine rings is 1. The number of halogens is 1. The second-order valence-corrected chi connectivity index (χ2v) is 5.60. The summed E-state index contributed by atoms with van der Waals surface area (Å²) in [5.41, 5.74) is 3.81. The minimum Gasteiger partial charge on any atom is -0.457 e. The van der Waals surface area contributed by atoms with Crippen molar-refractivity contribution in [2.75, 3.05) is 6.54 Å². The van der Waals surface area contributed by atoms with Crippen LogP contribution in [-0.4, -0.2) is 11.5 Å². The van der Waals surface area contributed by atoms with Crippen LogP contribution in [0.5, 0.6) is 0 Å². The SMILES string of the molecule is CCNC(c1ccoc1Br)C1CCc2cccnc21. The van der Waals surface area contributed by atoms with Crippen LogP contribution < -0.4 is 5.32 Å². The monoisotopic (exact) mass is 320 g/mol. The van der Waals surface area contributed by atoms with E-state index in [1.807, 2.05) is 18.3 Å². The quantitative estimate of drug-likeness (QED) is 0.930. The summed E-state index contributed by atoms with van der Waals surface area (Å²) in [7, 11) is 0. The highest BCUT2D eigenvalue weighted by Gasteiger charge is 2.33. The van der Waals surface area contributed by atoms with Crippen LogP contribution in [0.1, 0.15) is 42.1 Å². The average molecular weight is 321 g/mol. The van der Waals surface area contributed by atoms with E-state index in [0.29, 0.717) is 5.92 Å². The molecule has 2 aromatic rings. The normalized spacial score (nSPS) is 19.4. The number of likely N-dealkylation sites (N-methyl/N-ethyl adjacent to an activating group) is 1. The van der Waals surface area contributed by atoms with Gasteiger partial charge in [0.1, 0.15) is 0 Å². The summed E-state index contributed by atoms with van der Waals surface area (Å²) in [6.07, 6.45) is 5.88. The van der Waals surface area contributed by atoms with Gasteiger partial charge in [0.25, 0.3) is 0 Å². The van der Waals surface area contributed by atoms with E-state index in [1.165, 1.54) is 16.8 Å². The van der Waals surface area contributed by atoms with Crippen LogP contribution in [0.15, 0.2) is 39.7 Å². The largest absolute Gasteiger partial charge is 0.457 e. The lowest BCUT2D eigenvalue weighted by Crippen LogP contribution is -2.26. The summed E-state index contributed by atoms with van der Waals surface area (Å²) >= 11 is 3.50. The van der Waals surface area contributed by atoms with E-state index < -0.39 is 0 Å². The molecular weight excluding hydrogens is 304 g/mol. The van der Waals surface area contributed by atoms with Gasteiger partial charge >= 0.3 is 0 Å². The predicted molar refractivity (Wildman–Crippen MR) is 78.1 cm³/mol. The Kier molecular flexibility index (Phi) is 3.71. The summed E-state index contributed by atoms with van der Waals surface area (Å²) in [5.74, 6) is 0.421. The van der Waals surface area contributed by atoms with Crippen LogP contribution in [0, 0.1) is 0 Å². The van der Waals surface area contributed by atoms with E-state index in [0.717, 1.165) is 24.1 Å². The van der Waals surface area contributed by atoms with Crippen molar-refractivity contribution < 1.29 is 4.42 Å². The van der Waals surface area contributed by atoms with Crippen LogP contribution in [0.4, 0.5) is 0 Å². The van der Waals surface area contributed by atoms with Crippen molar-refractivity contribution in [1.82, 2.24) is 10.3 Å². The average Bonchev–Trinajstić information content (AvgIpc) is 3.03. The van der Waals surface area contributed by atoms with Crippen molar-refractivity contribution in [1.29, 1.82) is 0 Å². The summed E-state index contributed by atoms with van der Waals surface area (Å²) < 4.78 is 6.22. The van der Waals surface area contributed by atoms with Crippen molar-refractivity contribution in [2.24, 2.45) is 0 Å². The number of nitrogens with one attached hydrogen (secondary N) is 1. The second kappa shape index (κ2) is 5.47. The number of rotatable bonds is 4. The molecule has 2 atom stereocenters. The van der Waals surface area contributed by atoms with Crippen molar-refractivity contribution >= 4 is 15.9 Å². The molecule has 0 aliphatic heterocycles. The van der Waals surface area contributed by atoms with Gasteiger partial charge in [-0.05, 0) is 53.0 Å². The topological polar surface area (TPSA) is 38.1 Å². The highest BCUT2D eigenvalue weighted by molar-refractivity contribution is 9.10. The number of furan rings is 1. The van der Waals surface area contributed by atoms with Gasteiger partial charge in [-0.3, -0.25) is 4.98 Å². The Morgan fingerprint density at radius 1 is 1.53 bits per heavy atom. The molecule has 0 fully saturated rings. The van der Waals surface area contributed by atoms with Gasteiger partial charge in [0.2, 0.25) is 0 Å². The number of hydrogen-bond acceptors (Lipinski definition) is 3. The van der Waals surface area contributed by atoms with Crippen LogP contribution in [0.2, 0.25) is 0 Å². The fourth-order valence-corrected chi connectivity index (χ4v) is 3.47. The van der Waals surface area contributed by atoms with Gasteiger partial charge in [0.15, 0.2) is 4.67 Å². The summed E-state index contributed by atoms with van der Waals surface area (Å²) in [6, 6.07) is 6.51. The van der Waals surface area contributed by atoms with Crippen LogP contribution >= 0.6 is 15.9 Å². The molecular formula is C15H17BrN2O. The lowest BCUT2D eigenvalue weighted by Gasteiger charge is -2.24. The van der Waals surface area contributed by atoms with Crippen LogP contribution in [0.3, 0.4) is 0 Å². The highest BCUT2D eigenvalue weighted by Crippen LogP contribution is 2.42. The maximum atomic E-state index is 5.40. The molecule has 3 rings (SSSR count). The molecule has 2 unspecified atom stereocenters. The smallest absolute Gasteiger partial charge is 0.173 e. The van der Waals surface area contributed by atoms with Gasteiger partial charge in [-0.1, -0.05) is 13.0 Å². The maximum Gasteiger partial charge on any atom is 0.173 e. The lowest BCUT2D eigenvalue weighted by molar-refractivity contribution is 0.436. The van der Waals surface area contributed by atoms with Crippen molar-refractivity contribution in [3.05, 3.63) is 52.1 Å². The van der Waals surface area contributed by atoms with Gasteiger partial charge in [-0.25, -0.2) is 0 Å². The predicted octanol–water partition coefficient (Wildman–Crippen LogP) is 3.82. The molecule has 2 aromatic heterocycles. The highest BCUT2D eigenvalue weighted by atomic mass is 79.9. The Hall–Kier alpha value is -1.13. The number of nitrogens with zero attached hydrogens (tertiary/aromatic N) is 1. The Balaban J connectivity index is 1.96. The first-order valence-electron chi connectivity index (χ1n) is 6.71. The molecule has 0 bridgehead atoms. The molecule has 0 saturated carbocycles. The van der Waals surface area contributed by atoms with E-state index in [9.17, 15) is 0 Å². The molecule has 1 aliphatic rings. The molecule has 0 saturated heterocycles. The molecule has 19 heavy (non-hydrogen) atoms. The number of fused-ring (bicyclic) bond motifs is 1. The zero-order valence-corrected chi connectivity index (χ0v) is 12.5. The third kappa shape index (κ3) is 2.35. The van der Waals surface area contributed by atoms with Gasteiger partial charge in [-0.2, -0.15) is 0 Å². The van der Waals surface area contributed by atoms with Gasteiger partial charge in [-0.15, -0.1) is 0 Å². The number of aryl methyl sites for hydroxylation is 1. The Bertz CT molecular complexity index is 567.